The van der Waals surface area contributed by atoms with E-state index < -0.39 is 11.9 Å². The molecule has 1 unspecified atom stereocenters. The fraction of sp³-hybridized carbons (Fsp3) is 0.571. The van der Waals surface area contributed by atoms with Crippen LogP contribution in [0.2, 0.25) is 0 Å². The minimum atomic E-state index is -0.542. The molecule has 1 atom stereocenters. The van der Waals surface area contributed by atoms with E-state index in [2.05, 4.69) is 10.3 Å². The topological polar surface area (TPSA) is 65.5 Å². The molecule has 1 amide bonds. The van der Waals surface area contributed by atoms with Crippen molar-refractivity contribution in [1.29, 1.82) is 0 Å². The summed E-state index contributed by atoms with van der Waals surface area (Å²) in [5.74, 6) is -0.460. The summed E-state index contributed by atoms with van der Waals surface area (Å²) < 4.78 is 13.3. The summed E-state index contributed by atoms with van der Waals surface area (Å²) in [6.07, 6.45) is 1.96. The van der Waals surface area contributed by atoms with Crippen molar-refractivity contribution in [3.8, 4) is 0 Å². The van der Waals surface area contributed by atoms with Gasteiger partial charge in [-0.2, -0.15) is 0 Å². The van der Waals surface area contributed by atoms with E-state index in [4.69, 9.17) is 0 Å². The Labute approximate surface area is 118 Å². The van der Waals surface area contributed by atoms with Gasteiger partial charge in [-0.3, -0.25) is 4.79 Å². The number of carbonyl (C=O) groups is 1. The van der Waals surface area contributed by atoms with E-state index in [0.29, 0.717) is 25.3 Å². The number of nitrogens with one attached hydrogen (secondary N) is 1. The van der Waals surface area contributed by atoms with Crippen molar-refractivity contribution in [3.05, 3.63) is 23.6 Å². The number of aliphatic hydroxyl groups excluding tert-OH is 1. The van der Waals surface area contributed by atoms with E-state index in [1.165, 1.54) is 11.0 Å². The number of hydrogen-bond acceptors (Lipinski definition) is 4. The van der Waals surface area contributed by atoms with Crippen LogP contribution < -0.4 is 5.32 Å². The zero-order valence-electron chi connectivity index (χ0n) is 12.2. The number of halogens is 1. The van der Waals surface area contributed by atoms with E-state index in [0.717, 1.165) is 12.6 Å². The number of nitrogens with zero attached hydrogens (tertiary/aromatic N) is 2. The summed E-state index contributed by atoms with van der Waals surface area (Å²) in [5.41, 5.74) is 0.214. The minimum absolute atomic E-state index is 0.214. The molecule has 0 radical (unpaired) electrons. The summed E-state index contributed by atoms with van der Waals surface area (Å²) in [4.78, 5) is 17.7. The second-order valence-electron chi connectivity index (χ2n) is 4.84. The largest absolute Gasteiger partial charge is 0.393 e. The van der Waals surface area contributed by atoms with Gasteiger partial charge in [0.25, 0.3) is 5.91 Å². The molecule has 0 bridgehead atoms. The molecular weight excluding hydrogens is 261 g/mol. The lowest BCUT2D eigenvalue weighted by molar-refractivity contribution is 0.0769. The molecule has 1 aromatic rings. The Morgan fingerprint density at radius 3 is 2.90 bits per heavy atom. The molecule has 2 N–H and O–H groups in total. The second-order valence-corrected chi connectivity index (χ2v) is 4.84. The number of amides is 1. The van der Waals surface area contributed by atoms with Crippen LogP contribution in [0.3, 0.4) is 0 Å². The Morgan fingerprint density at radius 2 is 2.30 bits per heavy atom. The van der Waals surface area contributed by atoms with Crippen molar-refractivity contribution >= 4 is 11.7 Å². The molecule has 0 aliphatic carbocycles. The van der Waals surface area contributed by atoms with Crippen molar-refractivity contribution in [2.45, 2.75) is 32.8 Å². The van der Waals surface area contributed by atoms with Crippen LogP contribution in [-0.2, 0) is 0 Å². The molecule has 6 heteroatoms. The van der Waals surface area contributed by atoms with Crippen LogP contribution in [-0.4, -0.2) is 47.1 Å². The zero-order valence-corrected chi connectivity index (χ0v) is 12.2. The summed E-state index contributed by atoms with van der Waals surface area (Å²) in [7, 11) is 1.62. The van der Waals surface area contributed by atoms with E-state index in [9.17, 15) is 14.3 Å². The normalized spacial score (nSPS) is 12.1. The molecule has 0 saturated heterocycles. The van der Waals surface area contributed by atoms with Crippen LogP contribution in [0.5, 0.6) is 0 Å². The van der Waals surface area contributed by atoms with Gasteiger partial charge in [-0.05, 0) is 25.8 Å². The molecule has 0 aromatic carbocycles. The van der Waals surface area contributed by atoms with Gasteiger partial charge in [0.05, 0.1) is 17.9 Å². The third-order valence-corrected chi connectivity index (χ3v) is 2.86. The van der Waals surface area contributed by atoms with Crippen LogP contribution in [0.15, 0.2) is 12.3 Å². The van der Waals surface area contributed by atoms with Gasteiger partial charge in [-0.1, -0.05) is 6.92 Å². The maximum Gasteiger partial charge on any atom is 0.257 e. The highest BCUT2D eigenvalue weighted by Crippen LogP contribution is 2.16. The highest BCUT2D eigenvalue weighted by atomic mass is 19.1. The quantitative estimate of drug-likeness (QED) is 0.802. The molecule has 0 aliphatic rings. The molecule has 1 rings (SSSR count). The van der Waals surface area contributed by atoms with Crippen LogP contribution in [0.4, 0.5) is 10.2 Å². The van der Waals surface area contributed by atoms with Gasteiger partial charge in [-0.15, -0.1) is 0 Å². The van der Waals surface area contributed by atoms with Crippen LogP contribution in [0, 0.1) is 5.82 Å². The molecule has 0 fully saturated rings. The third kappa shape index (κ3) is 4.77. The Morgan fingerprint density at radius 1 is 1.60 bits per heavy atom. The van der Waals surface area contributed by atoms with Crippen molar-refractivity contribution in [2.24, 2.45) is 0 Å². The first-order chi connectivity index (χ1) is 9.45. The minimum Gasteiger partial charge on any atom is -0.393 e. The third-order valence-electron chi connectivity index (χ3n) is 2.86. The second kappa shape index (κ2) is 7.79. The average Bonchev–Trinajstić information content (AvgIpc) is 2.42. The fourth-order valence-corrected chi connectivity index (χ4v) is 1.67. The average molecular weight is 283 g/mol. The lowest BCUT2D eigenvalue weighted by atomic mass is 10.2. The van der Waals surface area contributed by atoms with Gasteiger partial charge in [0, 0.05) is 20.1 Å². The summed E-state index contributed by atoms with van der Waals surface area (Å²) in [6, 6.07) is 1.19. The first-order valence-corrected chi connectivity index (χ1v) is 6.78. The fourth-order valence-electron chi connectivity index (χ4n) is 1.67. The monoisotopic (exact) mass is 283 g/mol. The van der Waals surface area contributed by atoms with Crippen LogP contribution >= 0.6 is 0 Å². The summed E-state index contributed by atoms with van der Waals surface area (Å²) >= 11 is 0. The smallest absolute Gasteiger partial charge is 0.257 e. The molecule has 5 nitrogen and oxygen atoms in total. The number of aromatic nitrogens is 1. The molecule has 1 aromatic heterocycles. The molecule has 112 valence electrons. The number of rotatable bonds is 7. The maximum absolute atomic E-state index is 13.3. The Bertz CT molecular complexity index is 452. The van der Waals surface area contributed by atoms with Gasteiger partial charge in [0.15, 0.2) is 0 Å². The number of carbonyl (C=O) groups excluding carboxylic acids is 1. The SMILES string of the molecule is CCCNc1ncc(F)cc1C(=O)N(C)CCC(C)O. The van der Waals surface area contributed by atoms with E-state index in [-0.39, 0.29) is 11.5 Å². The first-order valence-electron chi connectivity index (χ1n) is 6.78. The van der Waals surface area contributed by atoms with Crippen molar-refractivity contribution in [1.82, 2.24) is 9.88 Å². The molecule has 20 heavy (non-hydrogen) atoms. The lowest BCUT2D eigenvalue weighted by Crippen LogP contribution is -2.30. The lowest BCUT2D eigenvalue weighted by Gasteiger charge is -2.19. The molecular formula is C14H22FN3O2. The first kappa shape index (κ1) is 16.4. The van der Waals surface area contributed by atoms with Crippen LogP contribution in [0.1, 0.15) is 37.0 Å². The highest BCUT2D eigenvalue weighted by Gasteiger charge is 2.18. The van der Waals surface area contributed by atoms with Crippen LogP contribution in [0.25, 0.3) is 0 Å². The Kier molecular flexibility index (Phi) is 6.38. The van der Waals surface area contributed by atoms with E-state index in [1.807, 2.05) is 6.92 Å². The number of anilines is 1. The summed E-state index contributed by atoms with van der Waals surface area (Å²) in [6.45, 7) is 4.72. The standard InChI is InChI=1S/C14H22FN3O2/c1-4-6-16-13-12(8-11(15)9-17-13)14(20)18(3)7-5-10(2)19/h8-10,19H,4-7H2,1-3H3,(H,16,17). The molecule has 0 saturated carbocycles. The van der Waals surface area contributed by atoms with Gasteiger partial charge >= 0.3 is 0 Å². The molecule has 0 aliphatic heterocycles. The summed E-state index contributed by atoms with van der Waals surface area (Å²) in [5, 5.41) is 12.3. The maximum atomic E-state index is 13.3. The predicted molar refractivity (Wildman–Crippen MR) is 76.2 cm³/mol. The van der Waals surface area contributed by atoms with E-state index in [1.54, 1.807) is 14.0 Å². The van der Waals surface area contributed by atoms with Crippen molar-refractivity contribution < 1.29 is 14.3 Å². The Balaban J connectivity index is 2.86. The van der Waals surface area contributed by atoms with Crippen molar-refractivity contribution in [3.63, 3.8) is 0 Å². The van der Waals surface area contributed by atoms with Gasteiger partial charge < -0.3 is 15.3 Å². The van der Waals surface area contributed by atoms with Gasteiger partial charge in [0.1, 0.15) is 11.6 Å². The van der Waals surface area contributed by atoms with Gasteiger partial charge in [-0.25, -0.2) is 9.37 Å². The van der Waals surface area contributed by atoms with Gasteiger partial charge in [0.2, 0.25) is 0 Å². The Hall–Kier alpha value is -1.69. The zero-order chi connectivity index (χ0) is 15.1. The highest BCUT2D eigenvalue weighted by molar-refractivity contribution is 5.98. The molecule has 0 spiro atoms. The number of aliphatic hydroxyl groups is 1. The predicted octanol–water partition coefficient (Wildman–Crippen LogP) is 1.89. The van der Waals surface area contributed by atoms with Crippen molar-refractivity contribution in [2.75, 3.05) is 25.5 Å². The number of pyridine rings is 1. The van der Waals surface area contributed by atoms with E-state index >= 15 is 0 Å². The molecule has 1 heterocycles. The number of hydrogen-bond donors (Lipinski definition) is 2.